The Balaban J connectivity index is 1.83. The number of carbonyl (C=O) groups excluding carboxylic acids is 1. The Morgan fingerprint density at radius 3 is 2.88 bits per heavy atom. The Morgan fingerprint density at radius 1 is 1.42 bits per heavy atom. The van der Waals surface area contributed by atoms with Crippen molar-refractivity contribution in [2.45, 2.75) is 31.1 Å². The van der Waals surface area contributed by atoms with Gasteiger partial charge in [-0.1, -0.05) is 0 Å². The highest BCUT2D eigenvalue weighted by molar-refractivity contribution is 8.04. The number of hydrogen-bond donors (Lipinski definition) is 2. The molecule has 1 heterocycles. The summed E-state index contributed by atoms with van der Waals surface area (Å²) in [5, 5.41) is 20.0. The lowest BCUT2D eigenvalue weighted by Crippen LogP contribution is -2.30. The number of aromatic hydroxyl groups is 1. The monoisotopic (exact) mass is 347 g/mol. The van der Waals surface area contributed by atoms with Crippen LogP contribution < -0.4 is 5.73 Å². The van der Waals surface area contributed by atoms with Gasteiger partial charge in [-0.2, -0.15) is 0 Å². The molecule has 7 nitrogen and oxygen atoms in total. The normalized spacial score (nSPS) is 23.5. The van der Waals surface area contributed by atoms with Crippen LogP contribution in [0.5, 0.6) is 5.75 Å². The maximum absolute atomic E-state index is 11.8. The summed E-state index contributed by atoms with van der Waals surface area (Å²) in [6, 6.07) is 4.05. The summed E-state index contributed by atoms with van der Waals surface area (Å²) in [6.07, 6.45) is 5.51. The van der Waals surface area contributed by atoms with Crippen molar-refractivity contribution < 1.29 is 14.8 Å². The third-order valence-corrected chi connectivity index (χ3v) is 5.64. The van der Waals surface area contributed by atoms with E-state index in [2.05, 4.69) is 4.99 Å². The molecule has 1 aromatic rings. The molecule has 1 amide bonds. The van der Waals surface area contributed by atoms with Crippen LogP contribution >= 0.6 is 11.8 Å². The topological polar surface area (TPSA) is 119 Å². The highest BCUT2D eigenvalue weighted by atomic mass is 32.2. The van der Waals surface area contributed by atoms with E-state index in [0.717, 1.165) is 31.3 Å². The van der Waals surface area contributed by atoms with E-state index >= 15 is 0 Å². The Morgan fingerprint density at radius 2 is 2.17 bits per heavy atom. The van der Waals surface area contributed by atoms with Gasteiger partial charge in [0.25, 0.3) is 0 Å². The number of primary amides is 1. The number of benzene rings is 1. The van der Waals surface area contributed by atoms with Crippen molar-refractivity contribution in [1.29, 1.82) is 0 Å². The maximum atomic E-state index is 11.8. The van der Waals surface area contributed by atoms with Crippen LogP contribution in [0.15, 0.2) is 33.7 Å². The fourth-order valence-corrected chi connectivity index (χ4v) is 4.60. The second kappa shape index (κ2) is 6.64. The van der Waals surface area contributed by atoms with Crippen LogP contribution in [-0.2, 0) is 4.79 Å². The van der Waals surface area contributed by atoms with Crippen molar-refractivity contribution in [1.82, 2.24) is 0 Å². The molecule has 126 valence electrons. The highest BCUT2D eigenvalue weighted by Gasteiger charge is 2.39. The van der Waals surface area contributed by atoms with E-state index in [1.165, 1.54) is 29.3 Å². The number of nitro benzene ring substituents is 1. The molecular weight excluding hydrogens is 330 g/mol. The molecule has 0 unspecified atom stereocenters. The zero-order valence-electron chi connectivity index (χ0n) is 12.8. The van der Waals surface area contributed by atoms with Gasteiger partial charge in [0, 0.05) is 12.3 Å². The first-order chi connectivity index (χ1) is 11.5. The molecular formula is C16H17N3O4S. The average molecular weight is 347 g/mol. The van der Waals surface area contributed by atoms with Crippen molar-refractivity contribution in [3.8, 4) is 5.75 Å². The van der Waals surface area contributed by atoms with E-state index in [9.17, 15) is 20.0 Å². The van der Waals surface area contributed by atoms with Gasteiger partial charge in [-0.25, -0.2) is 0 Å². The van der Waals surface area contributed by atoms with Gasteiger partial charge in [0.05, 0.1) is 10.8 Å². The molecule has 1 aliphatic heterocycles. The van der Waals surface area contributed by atoms with Crippen LogP contribution in [0, 0.1) is 16.0 Å². The number of nitro groups is 1. The van der Waals surface area contributed by atoms with Crippen LogP contribution in [-0.4, -0.2) is 27.5 Å². The van der Waals surface area contributed by atoms with Crippen molar-refractivity contribution in [2.24, 2.45) is 16.6 Å². The summed E-state index contributed by atoms with van der Waals surface area (Å²) in [4.78, 5) is 27.7. The number of rotatable bonds is 4. The van der Waals surface area contributed by atoms with E-state index in [1.807, 2.05) is 0 Å². The molecule has 0 radical (unpaired) electrons. The number of allylic oxidation sites excluding steroid dienone is 1. The predicted molar refractivity (Wildman–Crippen MR) is 91.9 cm³/mol. The molecule has 0 saturated carbocycles. The first-order valence-corrected chi connectivity index (χ1v) is 8.54. The summed E-state index contributed by atoms with van der Waals surface area (Å²) in [5.41, 5.74) is 6.79. The average Bonchev–Trinajstić information content (AvgIpc) is 2.92. The number of amides is 1. The van der Waals surface area contributed by atoms with Crippen molar-refractivity contribution >= 4 is 29.6 Å². The molecule has 0 aromatic heterocycles. The van der Waals surface area contributed by atoms with E-state index in [1.54, 1.807) is 11.8 Å². The molecule has 2 aliphatic rings. The van der Waals surface area contributed by atoms with E-state index in [-0.39, 0.29) is 22.7 Å². The molecule has 2 atom stereocenters. The lowest BCUT2D eigenvalue weighted by atomic mass is 9.89. The fraction of sp³-hybridized carbons (Fsp3) is 0.375. The fourth-order valence-electron chi connectivity index (χ4n) is 3.11. The van der Waals surface area contributed by atoms with E-state index < -0.39 is 10.8 Å². The van der Waals surface area contributed by atoms with Gasteiger partial charge < -0.3 is 10.8 Å². The van der Waals surface area contributed by atoms with Gasteiger partial charge in [-0.05, 0) is 53.9 Å². The third-order valence-electron chi connectivity index (χ3n) is 4.25. The number of nitrogens with zero attached hydrogens (tertiary/aromatic N) is 2. The highest BCUT2D eigenvalue weighted by Crippen LogP contribution is 2.49. The smallest absolute Gasteiger partial charge is 0.311 e. The van der Waals surface area contributed by atoms with Gasteiger partial charge in [0.15, 0.2) is 5.75 Å². The van der Waals surface area contributed by atoms with Gasteiger partial charge >= 0.3 is 5.69 Å². The standard InChI is InChI=1S/C16H17N3O4S/c17-15(21)14-10-3-1-2-4-13(10)24-16(14)18-8-9-5-6-12(20)11(7-9)19(22)23/h5-8,14,16,20H,1-4H2,(H2,17,21)/b18-8+/t14-,16+/m1/s1. The van der Waals surface area contributed by atoms with Crippen LogP contribution in [0.4, 0.5) is 5.69 Å². The van der Waals surface area contributed by atoms with Crippen molar-refractivity contribution in [3.05, 3.63) is 44.4 Å². The number of thioether (sulfide) groups is 1. The van der Waals surface area contributed by atoms with E-state index in [0.29, 0.717) is 5.56 Å². The minimum atomic E-state index is -0.649. The third kappa shape index (κ3) is 3.14. The molecule has 1 aliphatic carbocycles. The quantitative estimate of drug-likeness (QED) is 0.493. The summed E-state index contributed by atoms with van der Waals surface area (Å²) in [6.45, 7) is 0. The molecule has 0 saturated heterocycles. The lowest BCUT2D eigenvalue weighted by molar-refractivity contribution is -0.385. The van der Waals surface area contributed by atoms with Crippen molar-refractivity contribution in [3.63, 3.8) is 0 Å². The minimum absolute atomic E-state index is 0.321. The summed E-state index contributed by atoms with van der Waals surface area (Å²) in [7, 11) is 0. The summed E-state index contributed by atoms with van der Waals surface area (Å²) < 4.78 is 0. The SMILES string of the molecule is NC(=O)[C@H]1C2=C(CCCC2)S[C@@H]1/N=C/c1ccc(O)c([N+](=O)[O-])c1. The zero-order valence-corrected chi connectivity index (χ0v) is 13.7. The summed E-state index contributed by atoms with van der Waals surface area (Å²) in [5.74, 6) is -1.18. The van der Waals surface area contributed by atoms with Gasteiger partial charge in [-0.15, -0.1) is 11.8 Å². The second-order valence-corrected chi connectivity index (χ2v) is 7.04. The molecule has 3 N–H and O–H groups in total. The molecule has 0 fully saturated rings. The Kier molecular flexibility index (Phi) is 4.57. The lowest BCUT2D eigenvalue weighted by Gasteiger charge is -2.17. The Labute approximate surface area is 142 Å². The molecule has 24 heavy (non-hydrogen) atoms. The number of aliphatic imine (C=N–C) groups is 1. The van der Waals surface area contributed by atoms with Crippen LogP contribution in [0.3, 0.4) is 0 Å². The molecule has 1 aromatic carbocycles. The van der Waals surface area contributed by atoms with Gasteiger partial charge in [0.2, 0.25) is 5.91 Å². The Bertz CT molecular complexity index is 760. The number of hydrogen-bond acceptors (Lipinski definition) is 6. The van der Waals surface area contributed by atoms with Crippen LogP contribution in [0.25, 0.3) is 0 Å². The molecule has 8 heteroatoms. The van der Waals surface area contributed by atoms with Gasteiger partial charge in [0.1, 0.15) is 5.37 Å². The number of carbonyl (C=O) groups is 1. The molecule has 0 spiro atoms. The first-order valence-electron chi connectivity index (χ1n) is 7.66. The van der Waals surface area contributed by atoms with E-state index in [4.69, 9.17) is 5.73 Å². The maximum Gasteiger partial charge on any atom is 0.311 e. The van der Waals surface area contributed by atoms with Crippen LogP contribution in [0.2, 0.25) is 0 Å². The molecule has 0 bridgehead atoms. The largest absolute Gasteiger partial charge is 0.502 e. The first kappa shape index (κ1) is 16.5. The number of nitrogens with two attached hydrogens (primary N) is 1. The van der Waals surface area contributed by atoms with Crippen molar-refractivity contribution in [2.75, 3.05) is 0 Å². The minimum Gasteiger partial charge on any atom is -0.502 e. The number of phenols is 1. The summed E-state index contributed by atoms with van der Waals surface area (Å²) >= 11 is 1.56. The zero-order chi connectivity index (χ0) is 17.3. The Hall–Kier alpha value is -2.35. The predicted octanol–water partition coefficient (Wildman–Crippen LogP) is 2.72. The number of phenolic OH excluding ortho intramolecular Hbond substituents is 1. The molecule has 3 rings (SSSR count). The van der Waals surface area contributed by atoms with Gasteiger partial charge in [-0.3, -0.25) is 19.9 Å². The second-order valence-electron chi connectivity index (χ2n) is 5.83. The van der Waals surface area contributed by atoms with Crippen LogP contribution in [0.1, 0.15) is 31.2 Å².